The van der Waals surface area contributed by atoms with Gasteiger partial charge in [0.15, 0.2) is 0 Å². The first-order valence-electron chi connectivity index (χ1n) is 8.78. The van der Waals surface area contributed by atoms with Crippen LogP contribution in [-0.4, -0.2) is 32.6 Å². The van der Waals surface area contributed by atoms with Crippen molar-refractivity contribution in [3.8, 4) is 11.5 Å². The minimum atomic E-state index is -3.59. The highest BCUT2D eigenvalue weighted by molar-refractivity contribution is 7.86. The van der Waals surface area contributed by atoms with Gasteiger partial charge in [0.1, 0.15) is 17.3 Å². The Hall–Kier alpha value is -3.26. The molecule has 1 aromatic heterocycles. The molecule has 0 spiro atoms. The summed E-state index contributed by atoms with van der Waals surface area (Å²) in [4.78, 5) is 14.8. The van der Waals surface area contributed by atoms with Crippen LogP contribution >= 0.6 is 0 Å². The van der Waals surface area contributed by atoms with Gasteiger partial charge in [-0.15, -0.1) is 0 Å². The lowest BCUT2D eigenvalue weighted by Gasteiger charge is -2.22. The first-order valence-corrected chi connectivity index (χ1v) is 10.6. The normalized spacial score (nSPS) is 11.1. The molecule has 0 radical (unpaired) electrons. The molecule has 0 N–H and O–H groups in total. The highest BCUT2D eigenvalue weighted by Crippen LogP contribution is 2.20. The van der Waals surface area contributed by atoms with Crippen molar-refractivity contribution in [1.29, 1.82) is 0 Å². The van der Waals surface area contributed by atoms with Crippen LogP contribution in [0.2, 0.25) is 0 Å². The van der Waals surface area contributed by atoms with E-state index in [0.717, 1.165) is 11.8 Å². The molecule has 0 unspecified atom stereocenters. The summed E-state index contributed by atoms with van der Waals surface area (Å²) in [6, 6.07) is 17.0. The molecule has 8 heteroatoms. The number of carbonyl (C=O) groups is 1. The van der Waals surface area contributed by atoms with Crippen molar-refractivity contribution in [2.45, 2.75) is 13.1 Å². The molecule has 0 fully saturated rings. The summed E-state index contributed by atoms with van der Waals surface area (Å²) >= 11 is 0. The lowest BCUT2D eigenvalue weighted by atomic mass is 10.1. The summed E-state index contributed by atoms with van der Waals surface area (Å²) < 4.78 is 38.0. The van der Waals surface area contributed by atoms with E-state index >= 15 is 0 Å². The van der Waals surface area contributed by atoms with E-state index in [4.69, 9.17) is 13.3 Å². The molecule has 29 heavy (non-hydrogen) atoms. The van der Waals surface area contributed by atoms with Gasteiger partial charge >= 0.3 is 10.1 Å². The molecule has 0 aliphatic rings. The SMILES string of the molecule is COc1cccc(C(=O)N(Cc2ccc(OS(C)(=O)=O)cc2)Cc2ccco2)c1. The number of rotatable bonds is 8. The fourth-order valence-corrected chi connectivity index (χ4v) is 3.24. The standard InChI is InChI=1S/C21H21NO6S/c1-26-19-6-3-5-17(13-19)21(23)22(15-20-7-4-12-27-20)14-16-8-10-18(11-9-16)28-29(2,24)25/h3-13H,14-15H2,1-2H3. The lowest BCUT2D eigenvalue weighted by Crippen LogP contribution is -2.30. The summed E-state index contributed by atoms with van der Waals surface area (Å²) in [7, 11) is -2.05. The maximum absolute atomic E-state index is 13.1. The summed E-state index contributed by atoms with van der Waals surface area (Å²) in [5, 5.41) is 0. The van der Waals surface area contributed by atoms with Crippen molar-refractivity contribution in [3.63, 3.8) is 0 Å². The van der Waals surface area contributed by atoms with E-state index in [-0.39, 0.29) is 18.2 Å². The number of methoxy groups -OCH3 is 1. The molecule has 7 nitrogen and oxygen atoms in total. The molecule has 152 valence electrons. The third-order valence-corrected chi connectivity index (χ3v) is 4.57. The third-order valence-electron chi connectivity index (χ3n) is 4.08. The predicted molar refractivity (Wildman–Crippen MR) is 107 cm³/mol. The monoisotopic (exact) mass is 415 g/mol. The molecule has 0 atom stereocenters. The van der Waals surface area contributed by atoms with Gasteiger partial charge in [-0.25, -0.2) is 0 Å². The number of ether oxygens (including phenoxy) is 1. The van der Waals surface area contributed by atoms with Crippen LogP contribution in [0.3, 0.4) is 0 Å². The minimum absolute atomic E-state index is 0.184. The lowest BCUT2D eigenvalue weighted by molar-refractivity contribution is 0.0717. The molecule has 1 amide bonds. The van der Waals surface area contributed by atoms with Crippen LogP contribution in [0.4, 0.5) is 0 Å². The molecule has 1 heterocycles. The number of amides is 1. The molecule has 0 saturated heterocycles. The number of hydrogen-bond acceptors (Lipinski definition) is 6. The van der Waals surface area contributed by atoms with Crippen molar-refractivity contribution in [1.82, 2.24) is 4.90 Å². The van der Waals surface area contributed by atoms with Crippen molar-refractivity contribution in [3.05, 3.63) is 83.8 Å². The maximum Gasteiger partial charge on any atom is 0.306 e. The van der Waals surface area contributed by atoms with Crippen LogP contribution in [0, 0.1) is 0 Å². The molecule has 0 aliphatic carbocycles. The van der Waals surface area contributed by atoms with Gasteiger partial charge in [0.05, 0.1) is 26.2 Å². The van der Waals surface area contributed by atoms with Gasteiger partial charge in [0, 0.05) is 12.1 Å². The zero-order valence-corrected chi connectivity index (χ0v) is 16.9. The molecular weight excluding hydrogens is 394 g/mol. The van der Waals surface area contributed by atoms with E-state index in [1.54, 1.807) is 78.9 Å². The Bertz CT molecular complexity index is 1060. The van der Waals surface area contributed by atoms with Crippen LogP contribution in [0.1, 0.15) is 21.7 Å². The average Bonchev–Trinajstić information content (AvgIpc) is 3.20. The first-order chi connectivity index (χ1) is 13.8. The second-order valence-electron chi connectivity index (χ2n) is 6.40. The van der Waals surface area contributed by atoms with Crippen molar-refractivity contribution >= 4 is 16.0 Å². The summed E-state index contributed by atoms with van der Waals surface area (Å²) in [6.07, 6.45) is 2.54. The highest BCUT2D eigenvalue weighted by atomic mass is 32.2. The number of hydrogen-bond donors (Lipinski definition) is 0. The van der Waals surface area contributed by atoms with Crippen LogP contribution in [0.25, 0.3) is 0 Å². The van der Waals surface area contributed by atoms with Crippen molar-refractivity contribution < 1.29 is 26.5 Å². The molecule has 0 bridgehead atoms. The van der Waals surface area contributed by atoms with Gasteiger partial charge in [-0.05, 0) is 48.0 Å². The van der Waals surface area contributed by atoms with Gasteiger partial charge in [-0.1, -0.05) is 18.2 Å². The Morgan fingerprint density at radius 1 is 1.00 bits per heavy atom. The highest BCUT2D eigenvalue weighted by Gasteiger charge is 2.18. The average molecular weight is 415 g/mol. The second-order valence-corrected chi connectivity index (χ2v) is 7.98. The van der Waals surface area contributed by atoms with E-state index in [1.807, 2.05) is 0 Å². The smallest absolute Gasteiger partial charge is 0.306 e. The summed E-state index contributed by atoms with van der Waals surface area (Å²) in [5.41, 5.74) is 1.31. The van der Waals surface area contributed by atoms with E-state index < -0.39 is 10.1 Å². The van der Waals surface area contributed by atoms with Gasteiger partial charge in [-0.2, -0.15) is 8.42 Å². The van der Waals surface area contributed by atoms with Gasteiger partial charge in [0.2, 0.25) is 0 Å². The van der Waals surface area contributed by atoms with Crippen LogP contribution in [0.15, 0.2) is 71.3 Å². The molecular formula is C21H21NO6S. The Kier molecular flexibility index (Phi) is 6.23. The quantitative estimate of drug-likeness (QED) is 0.524. The largest absolute Gasteiger partial charge is 0.497 e. The fraction of sp³-hybridized carbons (Fsp3) is 0.190. The van der Waals surface area contributed by atoms with Gasteiger partial charge in [0.25, 0.3) is 5.91 Å². The summed E-state index contributed by atoms with van der Waals surface area (Å²) in [5.74, 6) is 1.28. The van der Waals surface area contributed by atoms with Crippen LogP contribution in [0.5, 0.6) is 11.5 Å². The van der Waals surface area contributed by atoms with Gasteiger partial charge in [-0.3, -0.25) is 4.79 Å². The molecule has 3 aromatic rings. The van der Waals surface area contributed by atoms with Gasteiger partial charge < -0.3 is 18.2 Å². The van der Waals surface area contributed by atoms with Crippen molar-refractivity contribution in [2.75, 3.05) is 13.4 Å². The number of benzene rings is 2. The topological polar surface area (TPSA) is 86.0 Å². The Balaban J connectivity index is 1.82. The number of carbonyl (C=O) groups excluding carboxylic acids is 1. The van der Waals surface area contributed by atoms with Crippen LogP contribution < -0.4 is 8.92 Å². The number of furan rings is 1. The maximum atomic E-state index is 13.1. The minimum Gasteiger partial charge on any atom is -0.497 e. The zero-order valence-electron chi connectivity index (χ0n) is 16.1. The first kappa shape index (κ1) is 20.5. The Morgan fingerprint density at radius 2 is 1.76 bits per heavy atom. The van der Waals surface area contributed by atoms with Crippen molar-refractivity contribution in [2.24, 2.45) is 0 Å². The van der Waals surface area contributed by atoms with E-state index in [1.165, 1.54) is 0 Å². The molecule has 3 rings (SSSR count). The zero-order chi connectivity index (χ0) is 20.9. The Labute approximate surface area is 169 Å². The van der Waals surface area contributed by atoms with E-state index in [9.17, 15) is 13.2 Å². The van der Waals surface area contributed by atoms with E-state index in [0.29, 0.717) is 23.6 Å². The molecule has 0 aliphatic heterocycles. The summed E-state index contributed by atoms with van der Waals surface area (Å²) in [6.45, 7) is 0.584. The number of nitrogens with zero attached hydrogens (tertiary/aromatic N) is 1. The predicted octanol–water partition coefficient (Wildman–Crippen LogP) is 3.47. The van der Waals surface area contributed by atoms with Crippen LogP contribution in [-0.2, 0) is 23.2 Å². The third kappa shape index (κ3) is 5.86. The molecule has 2 aromatic carbocycles. The van der Waals surface area contributed by atoms with E-state index in [2.05, 4.69) is 0 Å². The molecule has 0 saturated carbocycles. The second kappa shape index (κ2) is 8.83. The Morgan fingerprint density at radius 3 is 2.38 bits per heavy atom. The fourth-order valence-electron chi connectivity index (χ4n) is 2.77.